The number of hydrogen-bond donors (Lipinski definition) is 0. The number of rotatable bonds is 4. The Morgan fingerprint density at radius 2 is 1.94 bits per heavy atom. The zero-order valence-corrected chi connectivity index (χ0v) is 12.4. The molecule has 2 rings (SSSR count). The van der Waals surface area contributed by atoms with Crippen LogP contribution in [-0.2, 0) is 15.6 Å². The second-order valence-corrected chi connectivity index (χ2v) is 7.97. The van der Waals surface area contributed by atoms with Gasteiger partial charge in [0, 0.05) is 25.6 Å². The van der Waals surface area contributed by atoms with Crippen molar-refractivity contribution in [1.82, 2.24) is 9.36 Å². The smallest absolute Gasteiger partial charge is 0.204 e. The summed E-state index contributed by atoms with van der Waals surface area (Å²) in [5, 5.41) is 0.571. The lowest BCUT2D eigenvalue weighted by Crippen LogP contribution is -2.25. The van der Waals surface area contributed by atoms with Gasteiger partial charge in [-0.1, -0.05) is 19.3 Å². The summed E-state index contributed by atoms with van der Waals surface area (Å²) in [5.74, 6) is 0.427. The van der Waals surface area contributed by atoms with E-state index in [2.05, 4.69) is 9.36 Å². The van der Waals surface area contributed by atoms with Crippen molar-refractivity contribution in [3.63, 3.8) is 0 Å². The number of hydrogen-bond acceptors (Lipinski definition) is 6. The van der Waals surface area contributed by atoms with Crippen LogP contribution in [0.15, 0.2) is 0 Å². The zero-order valence-electron chi connectivity index (χ0n) is 10.8. The maximum absolute atomic E-state index is 12.2. The molecule has 0 aromatic carbocycles. The molecule has 0 atom stereocenters. The summed E-state index contributed by atoms with van der Waals surface area (Å²) in [5.41, 5.74) is 0. The van der Waals surface area contributed by atoms with Gasteiger partial charge in [0.05, 0.1) is 5.25 Å². The van der Waals surface area contributed by atoms with Gasteiger partial charge in [0.2, 0.25) is 5.13 Å². The molecule has 0 saturated heterocycles. The number of anilines is 1. The topological polar surface area (TPSA) is 63.2 Å². The van der Waals surface area contributed by atoms with Gasteiger partial charge in [-0.15, -0.1) is 0 Å². The Labute approximate surface area is 112 Å². The van der Waals surface area contributed by atoms with E-state index >= 15 is 0 Å². The third kappa shape index (κ3) is 3.20. The van der Waals surface area contributed by atoms with E-state index in [1.54, 1.807) is 0 Å². The largest absolute Gasteiger partial charge is 0.353 e. The van der Waals surface area contributed by atoms with Gasteiger partial charge in [-0.2, -0.15) is 4.37 Å². The Morgan fingerprint density at radius 3 is 2.50 bits per heavy atom. The van der Waals surface area contributed by atoms with Crippen molar-refractivity contribution in [2.75, 3.05) is 19.0 Å². The van der Waals surface area contributed by atoms with Crippen LogP contribution in [0.25, 0.3) is 0 Å². The first-order valence-electron chi connectivity index (χ1n) is 6.20. The molecule has 1 fully saturated rings. The molecule has 1 heterocycles. The molecule has 0 radical (unpaired) electrons. The fraction of sp³-hybridized carbons (Fsp3) is 0.818. The van der Waals surface area contributed by atoms with Gasteiger partial charge in [-0.25, -0.2) is 13.4 Å². The second-order valence-electron chi connectivity index (χ2n) is 4.95. The van der Waals surface area contributed by atoms with Gasteiger partial charge < -0.3 is 4.90 Å². The van der Waals surface area contributed by atoms with Gasteiger partial charge in [0.15, 0.2) is 15.7 Å². The van der Waals surface area contributed by atoms with Crippen LogP contribution in [0.5, 0.6) is 0 Å². The van der Waals surface area contributed by atoms with Crippen LogP contribution in [0.2, 0.25) is 0 Å². The van der Waals surface area contributed by atoms with E-state index in [1.807, 2.05) is 19.0 Å². The molecule has 1 aromatic heterocycles. The van der Waals surface area contributed by atoms with E-state index in [4.69, 9.17) is 0 Å². The first kappa shape index (κ1) is 13.7. The minimum absolute atomic E-state index is 0.0119. The van der Waals surface area contributed by atoms with Crippen molar-refractivity contribution < 1.29 is 8.42 Å². The summed E-state index contributed by atoms with van der Waals surface area (Å²) in [6.07, 6.45) is 4.81. The van der Waals surface area contributed by atoms with Crippen LogP contribution in [0.4, 0.5) is 5.13 Å². The molecule has 0 unspecified atom stereocenters. The Bertz CT molecular complexity index is 490. The Hall–Kier alpha value is -0.690. The predicted molar refractivity (Wildman–Crippen MR) is 73.7 cm³/mol. The van der Waals surface area contributed by atoms with E-state index in [0.29, 0.717) is 5.82 Å². The molecule has 18 heavy (non-hydrogen) atoms. The molecular formula is C11H19N3O2S2. The van der Waals surface area contributed by atoms with E-state index in [9.17, 15) is 8.42 Å². The molecule has 0 amide bonds. The van der Waals surface area contributed by atoms with E-state index in [-0.39, 0.29) is 11.0 Å². The third-order valence-electron chi connectivity index (χ3n) is 3.23. The molecule has 0 bridgehead atoms. The maximum atomic E-state index is 12.2. The Kier molecular flexibility index (Phi) is 4.21. The van der Waals surface area contributed by atoms with Crippen LogP contribution in [0, 0.1) is 0 Å². The van der Waals surface area contributed by atoms with Gasteiger partial charge in [0.25, 0.3) is 0 Å². The summed E-state index contributed by atoms with van der Waals surface area (Å²) in [6, 6.07) is 0. The summed E-state index contributed by atoms with van der Waals surface area (Å²) in [7, 11) is 0.664. The highest BCUT2D eigenvalue weighted by molar-refractivity contribution is 7.91. The van der Waals surface area contributed by atoms with Gasteiger partial charge >= 0.3 is 0 Å². The number of aromatic nitrogens is 2. The standard InChI is InChI=1S/C11H19N3O2S2/c1-14(2)11-12-10(13-17-11)8-18(15,16)9-6-4-3-5-7-9/h9H,3-8H2,1-2H3. The zero-order chi connectivity index (χ0) is 13.2. The fourth-order valence-electron chi connectivity index (χ4n) is 2.21. The molecule has 0 spiro atoms. The lowest BCUT2D eigenvalue weighted by molar-refractivity contribution is 0.483. The summed E-state index contributed by atoms with van der Waals surface area (Å²) in [6.45, 7) is 0. The van der Waals surface area contributed by atoms with Gasteiger partial charge in [0.1, 0.15) is 5.75 Å². The molecule has 102 valence electrons. The van der Waals surface area contributed by atoms with E-state index in [1.165, 1.54) is 11.5 Å². The van der Waals surface area contributed by atoms with Crippen molar-refractivity contribution in [3.05, 3.63) is 5.82 Å². The SMILES string of the molecule is CN(C)c1nc(CS(=O)(=O)C2CCCCC2)ns1. The number of sulfone groups is 1. The first-order chi connectivity index (χ1) is 8.49. The summed E-state index contributed by atoms with van der Waals surface area (Å²) < 4.78 is 28.6. The molecule has 1 aromatic rings. The molecule has 0 N–H and O–H groups in total. The minimum Gasteiger partial charge on any atom is -0.353 e. The Morgan fingerprint density at radius 1 is 1.28 bits per heavy atom. The third-order valence-corrected chi connectivity index (χ3v) is 6.30. The lowest BCUT2D eigenvalue weighted by Gasteiger charge is -2.20. The average molecular weight is 289 g/mol. The van der Waals surface area contributed by atoms with Crippen molar-refractivity contribution in [3.8, 4) is 0 Å². The van der Waals surface area contributed by atoms with Gasteiger partial charge in [-0.05, 0) is 12.8 Å². The average Bonchev–Trinajstić information content (AvgIpc) is 2.78. The Balaban J connectivity index is 2.06. The maximum Gasteiger partial charge on any atom is 0.204 e. The molecule has 1 aliphatic carbocycles. The molecule has 1 saturated carbocycles. The van der Waals surface area contributed by atoms with Gasteiger partial charge in [-0.3, -0.25) is 0 Å². The van der Waals surface area contributed by atoms with E-state index < -0.39 is 9.84 Å². The highest BCUT2D eigenvalue weighted by Gasteiger charge is 2.28. The van der Waals surface area contributed by atoms with E-state index in [0.717, 1.165) is 37.2 Å². The lowest BCUT2D eigenvalue weighted by atomic mass is 10.0. The molecule has 1 aliphatic rings. The van der Waals surface area contributed by atoms with Crippen LogP contribution < -0.4 is 4.90 Å². The monoisotopic (exact) mass is 289 g/mol. The van der Waals surface area contributed by atoms with Crippen LogP contribution >= 0.6 is 11.5 Å². The molecule has 0 aliphatic heterocycles. The van der Waals surface area contributed by atoms with Crippen molar-refractivity contribution in [2.24, 2.45) is 0 Å². The first-order valence-corrected chi connectivity index (χ1v) is 8.69. The van der Waals surface area contributed by atoms with Crippen LogP contribution in [0.1, 0.15) is 37.9 Å². The molecule has 7 heteroatoms. The summed E-state index contributed by atoms with van der Waals surface area (Å²) >= 11 is 1.25. The summed E-state index contributed by atoms with van der Waals surface area (Å²) in [4.78, 5) is 6.09. The highest BCUT2D eigenvalue weighted by Crippen LogP contribution is 2.26. The normalized spacial score (nSPS) is 17.9. The highest BCUT2D eigenvalue weighted by atomic mass is 32.2. The van der Waals surface area contributed by atoms with Crippen LogP contribution in [-0.4, -0.2) is 37.1 Å². The minimum atomic E-state index is -3.09. The number of nitrogens with zero attached hydrogens (tertiary/aromatic N) is 3. The molecule has 5 nitrogen and oxygen atoms in total. The quantitative estimate of drug-likeness (QED) is 0.846. The van der Waals surface area contributed by atoms with Crippen molar-refractivity contribution in [1.29, 1.82) is 0 Å². The predicted octanol–water partition coefficient (Wildman–Crippen LogP) is 1.85. The van der Waals surface area contributed by atoms with Crippen molar-refractivity contribution >= 4 is 26.5 Å². The molecular weight excluding hydrogens is 270 g/mol. The second kappa shape index (κ2) is 5.52. The van der Waals surface area contributed by atoms with Crippen LogP contribution in [0.3, 0.4) is 0 Å². The van der Waals surface area contributed by atoms with Crippen molar-refractivity contribution in [2.45, 2.75) is 43.1 Å². The fourth-order valence-corrected chi connectivity index (χ4v) is 4.67.